The zero-order chi connectivity index (χ0) is 23.3. The van der Waals surface area contributed by atoms with E-state index >= 15 is 0 Å². The number of nitrogens with one attached hydrogen (secondary N) is 1. The first kappa shape index (κ1) is 23.4. The van der Waals surface area contributed by atoms with Gasteiger partial charge in [0.15, 0.2) is 0 Å². The Labute approximate surface area is 189 Å². The average molecular weight is 477 g/mol. The van der Waals surface area contributed by atoms with Gasteiger partial charge in [-0.05, 0) is 61.2 Å². The Morgan fingerprint density at radius 2 is 1.88 bits per heavy atom. The molecule has 0 aliphatic rings. The minimum absolute atomic E-state index is 0.0106. The van der Waals surface area contributed by atoms with Crippen molar-refractivity contribution in [1.29, 1.82) is 0 Å². The topological polar surface area (TPSA) is 92.8 Å². The van der Waals surface area contributed by atoms with Gasteiger partial charge in [-0.3, -0.25) is 9.10 Å². The molecule has 1 heterocycles. The van der Waals surface area contributed by atoms with Crippen molar-refractivity contribution in [3.8, 4) is 0 Å². The molecule has 0 atom stereocenters. The van der Waals surface area contributed by atoms with Crippen LogP contribution in [0.2, 0.25) is 0 Å². The first-order chi connectivity index (χ1) is 15.2. The van der Waals surface area contributed by atoms with E-state index in [2.05, 4.69) is 5.32 Å². The van der Waals surface area contributed by atoms with E-state index in [9.17, 15) is 22.4 Å². The van der Waals surface area contributed by atoms with E-state index in [0.29, 0.717) is 16.8 Å². The average Bonchev–Trinajstić information content (AvgIpc) is 3.30. The monoisotopic (exact) mass is 476 g/mol. The van der Waals surface area contributed by atoms with Crippen LogP contribution in [0.15, 0.2) is 64.2 Å². The number of para-hydroxylation sites is 1. The summed E-state index contributed by atoms with van der Waals surface area (Å²) in [7, 11) is -4.17. The lowest BCUT2D eigenvalue weighted by Crippen LogP contribution is -2.38. The van der Waals surface area contributed by atoms with Gasteiger partial charge in [-0.1, -0.05) is 18.2 Å². The summed E-state index contributed by atoms with van der Waals surface area (Å²) in [5.41, 5.74) is 1.08. The lowest BCUT2D eigenvalue weighted by Gasteiger charge is -2.24. The number of amides is 1. The molecule has 0 aliphatic carbocycles. The number of benzene rings is 2. The number of esters is 1. The van der Waals surface area contributed by atoms with Crippen LogP contribution >= 0.6 is 11.3 Å². The number of sulfonamides is 1. The summed E-state index contributed by atoms with van der Waals surface area (Å²) in [6.07, 6.45) is 0. The molecule has 1 N–H and O–H groups in total. The Bertz CT molecular complexity index is 1230. The molecule has 1 amide bonds. The van der Waals surface area contributed by atoms with E-state index in [1.54, 1.807) is 31.4 Å². The van der Waals surface area contributed by atoms with Gasteiger partial charge in [-0.2, -0.15) is 0 Å². The van der Waals surface area contributed by atoms with Crippen molar-refractivity contribution >= 4 is 44.6 Å². The van der Waals surface area contributed by atoms with Crippen LogP contribution in [0.25, 0.3) is 0 Å². The normalized spacial score (nSPS) is 11.1. The number of halogens is 1. The fraction of sp³-hybridized carbons (Fsp3) is 0.182. The lowest BCUT2D eigenvalue weighted by atomic mass is 10.1. The van der Waals surface area contributed by atoms with E-state index in [0.717, 1.165) is 21.7 Å². The molecule has 0 spiro atoms. The maximum Gasteiger partial charge on any atom is 0.338 e. The van der Waals surface area contributed by atoms with Crippen molar-refractivity contribution in [1.82, 2.24) is 0 Å². The molecule has 0 saturated carbocycles. The maximum atomic E-state index is 14.5. The van der Waals surface area contributed by atoms with E-state index < -0.39 is 34.3 Å². The quantitative estimate of drug-likeness (QED) is 0.492. The van der Waals surface area contributed by atoms with Crippen LogP contribution in [0.3, 0.4) is 0 Å². The highest BCUT2D eigenvalue weighted by molar-refractivity contribution is 7.94. The van der Waals surface area contributed by atoms with Crippen LogP contribution in [0.1, 0.15) is 22.8 Å². The molecule has 10 heteroatoms. The van der Waals surface area contributed by atoms with Gasteiger partial charge in [0.1, 0.15) is 16.6 Å². The summed E-state index contributed by atoms with van der Waals surface area (Å²) in [5, 5.41) is 4.21. The lowest BCUT2D eigenvalue weighted by molar-refractivity contribution is -0.114. The Kier molecular flexibility index (Phi) is 7.26. The molecule has 0 saturated heterocycles. The zero-order valence-corrected chi connectivity index (χ0v) is 19.0. The molecule has 0 aliphatic heterocycles. The highest BCUT2D eigenvalue weighted by Crippen LogP contribution is 2.28. The minimum Gasteiger partial charge on any atom is -0.462 e. The van der Waals surface area contributed by atoms with Gasteiger partial charge >= 0.3 is 5.97 Å². The van der Waals surface area contributed by atoms with Gasteiger partial charge in [0.05, 0.1) is 17.9 Å². The zero-order valence-electron chi connectivity index (χ0n) is 17.4. The van der Waals surface area contributed by atoms with Gasteiger partial charge in [0.25, 0.3) is 10.0 Å². The predicted octanol–water partition coefficient (Wildman–Crippen LogP) is 4.21. The van der Waals surface area contributed by atoms with Crippen molar-refractivity contribution in [3.05, 3.63) is 76.9 Å². The van der Waals surface area contributed by atoms with Crippen LogP contribution in [-0.2, 0) is 19.6 Å². The molecule has 3 aromatic rings. The van der Waals surface area contributed by atoms with Crippen molar-refractivity contribution in [2.45, 2.75) is 18.1 Å². The number of aryl methyl sites for hydroxylation is 1. The number of anilines is 2. The first-order valence-electron chi connectivity index (χ1n) is 9.62. The Hall–Kier alpha value is -3.24. The molecule has 0 radical (unpaired) electrons. The molecule has 2 aromatic carbocycles. The summed E-state index contributed by atoms with van der Waals surface area (Å²) in [6.45, 7) is 2.99. The molecule has 3 rings (SSSR count). The van der Waals surface area contributed by atoms with E-state index in [1.807, 2.05) is 0 Å². The van der Waals surface area contributed by atoms with Gasteiger partial charge in [0, 0.05) is 5.69 Å². The fourth-order valence-electron chi connectivity index (χ4n) is 2.94. The maximum absolute atomic E-state index is 14.5. The summed E-state index contributed by atoms with van der Waals surface area (Å²) >= 11 is 0.973. The van der Waals surface area contributed by atoms with Crippen molar-refractivity contribution in [2.24, 2.45) is 0 Å². The van der Waals surface area contributed by atoms with Gasteiger partial charge in [-0.25, -0.2) is 17.6 Å². The van der Waals surface area contributed by atoms with Crippen molar-refractivity contribution in [2.75, 3.05) is 22.8 Å². The second-order valence-electron chi connectivity index (χ2n) is 6.69. The summed E-state index contributed by atoms with van der Waals surface area (Å²) in [4.78, 5) is 24.6. The van der Waals surface area contributed by atoms with Crippen LogP contribution in [0, 0.1) is 12.7 Å². The van der Waals surface area contributed by atoms with Gasteiger partial charge in [-0.15, -0.1) is 11.3 Å². The minimum atomic E-state index is -4.17. The third kappa shape index (κ3) is 5.14. The molecule has 168 valence electrons. The molecular weight excluding hydrogens is 455 g/mol. The van der Waals surface area contributed by atoms with Gasteiger partial charge in [0.2, 0.25) is 5.91 Å². The number of ether oxygens (including phenoxy) is 1. The number of nitrogens with zero attached hydrogens (tertiary/aromatic N) is 1. The van der Waals surface area contributed by atoms with Crippen LogP contribution in [0.5, 0.6) is 0 Å². The molecule has 1 aromatic heterocycles. The Morgan fingerprint density at radius 3 is 2.50 bits per heavy atom. The molecule has 32 heavy (non-hydrogen) atoms. The largest absolute Gasteiger partial charge is 0.462 e. The fourth-order valence-corrected chi connectivity index (χ4v) is 5.47. The van der Waals surface area contributed by atoms with Crippen LogP contribution < -0.4 is 9.62 Å². The number of thiophene rings is 1. The molecule has 0 unspecified atom stereocenters. The third-order valence-electron chi connectivity index (χ3n) is 4.46. The SMILES string of the molecule is CCOC(=O)c1ccc(NC(=O)CN(c2ccccc2F)S(=O)(=O)c2cccs2)c(C)c1. The second kappa shape index (κ2) is 9.92. The van der Waals surface area contributed by atoms with Crippen LogP contribution in [0.4, 0.5) is 15.8 Å². The smallest absolute Gasteiger partial charge is 0.338 e. The number of hydrogen-bond acceptors (Lipinski definition) is 6. The van der Waals surface area contributed by atoms with E-state index in [1.165, 1.54) is 36.4 Å². The van der Waals surface area contributed by atoms with Gasteiger partial charge < -0.3 is 10.1 Å². The summed E-state index contributed by atoms with van der Waals surface area (Å²) in [5.74, 6) is -1.92. The Balaban J connectivity index is 1.87. The third-order valence-corrected chi connectivity index (χ3v) is 7.59. The molecule has 0 bridgehead atoms. The molecule has 0 fully saturated rings. The predicted molar refractivity (Wildman–Crippen MR) is 121 cm³/mol. The molecule has 7 nitrogen and oxygen atoms in total. The van der Waals surface area contributed by atoms with E-state index in [-0.39, 0.29) is 16.5 Å². The summed E-state index contributed by atoms with van der Waals surface area (Å²) < 4.78 is 46.4. The molecular formula is C22H21FN2O5S2. The second-order valence-corrected chi connectivity index (χ2v) is 9.73. The number of rotatable bonds is 8. The van der Waals surface area contributed by atoms with Crippen molar-refractivity contribution in [3.63, 3.8) is 0 Å². The highest BCUT2D eigenvalue weighted by Gasteiger charge is 2.30. The van der Waals surface area contributed by atoms with Crippen LogP contribution in [-0.4, -0.2) is 33.4 Å². The first-order valence-corrected chi connectivity index (χ1v) is 11.9. The summed E-state index contributed by atoms with van der Waals surface area (Å²) in [6, 6.07) is 12.9. The standard InChI is InChI=1S/C22H21FN2O5S2/c1-3-30-22(27)16-10-11-18(15(2)13-16)24-20(26)14-25(19-8-5-4-7-17(19)23)32(28,29)21-9-6-12-31-21/h4-13H,3,14H2,1-2H3,(H,24,26). The Morgan fingerprint density at radius 1 is 1.12 bits per heavy atom. The van der Waals surface area contributed by atoms with E-state index in [4.69, 9.17) is 4.74 Å². The highest BCUT2D eigenvalue weighted by atomic mass is 32.2. The van der Waals surface area contributed by atoms with Crippen molar-refractivity contribution < 1.29 is 27.1 Å². The number of carbonyl (C=O) groups excluding carboxylic acids is 2. The number of hydrogen-bond donors (Lipinski definition) is 1. The number of carbonyl (C=O) groups is 2.